The third kappa shape index (κ3) is 2.33. The van der Waals surface area contributed by atoms with Crippen molar-refractivity contribution in [2.45, 2.75) is 36.6 Å². The van der Waals surface area contributed by atoms with E-state index in [2.05, 4.69) is 14.9 Å². The Balaban J connectivity index is 2.20. The summed E-state index contributed by atoms with van der Waals surface area (Å²) in [5.74, 6) is 0.410. The van der Waals surface area contributed by atoms with E-state index < -0.39 is 15.6 Å². The molecule has 1 heterocycles. The normalized spacial score (nSPS) is 17.6. The molecule has 0 aromatic carbocycles. The number of nitrogens with one attached hydrogen (secondary N) is 1. The second-order valence-corrected chi connectivity index (χ2v) is 7.37. The summed E-state index contributed by atoms with van der Waals surface area (Å²) in [6.45, 7) is 3.76. The van der Waals surface area contributed by atoms with Crippen molar-refractivity contribution in [1.82, 2.24) is 14.9 Å². The molecule has 0 saturated heterocycles. The van der Waals surface area contributed by atoms with Gasteiger partial charge in [0.1, 0.15) is 0 Å². The van der Waals surface area contributed by atoms with Crippen molar-refractivity contribution in [1.29, 1.82) is 0 Å². The molecular weight excluding hydrogens is 248 g/mol. The molecule has 0 spiro atoms. The van der Waals surface area contributed by atoms with Crippen molar-refractivity contribution >= 4 is 26.5 Å². The van der Waals surface area contributed by atoms with Gasteiger partial charge in [-0.05, 0) is 32.6 Å². The van der Waals surface area contributed by atoms with E-state index in [1.54, 1.807) is 0 Å². The van der Waals surface area contributed by atoms with Crippen LogP contribution in [0.3, 0.4) is 0 Å². The van der Waals surface area contributed by atoms with Gasteiger partial charge in [-0.1, -0.05) is 11.3 Å². The van der Waals surface area contributed by atoms with Gasteiger partial charge in [-0.15, -0.1) is 10.2 Å². The van der Waals surface area contributed by atoms with Crippen LogP contribution in [0, 0.1) is 5.92 Å². The lowest BCUT2D eigenvalue weighted by Crippen LogP contribution is -2.45. The van der Waals surface area contributed by atoms with Crippen molar-refractivity contribution in [3.8, 4) is 0 Å². The van der Waals surface area contributed by atoms with Crippen LogP contribution in [-0.4, -0.2) is 24.2 Å². The maximum absolute atomic E-state index is 11.9. The zero-order chi connectivity index (χ0) is 12.0. The highest BCUT2D eigenvalue weighted by Crippen LogP contribution is 2.40. The molecule has 0 amide bonds. The zero-order valence-corrected chi connectivity index (χ0v) is 10.7. The Hall–Kier alpha value is -0.730. The smallest absolute Gasteiger partial charge is 0.270 e. The summed E-state index contributed by atoms with van der Waals surface area (Å²) in [5, 5.41) is 7.20. The predicted octanol–water partition coefficient (Wildman–Crippen LogP) is 0.587. The number of nitrogens with zero attached hydrogens (tertiary/aromatic N) is 2. The van der Waals surface area contributed by atoms with Crippen LogP contribution < -0.4 is 10.5 Å². The molecule has 1 aliphatic carbocycles. The van der Waals surface area contributed by atoms with Crippen molar-refractivity contribution in [2.75, 3.05) is 5.73 Å². The summed E-state index contributed by atoms with van der Waals surface area (Å²) in [6, 6.07) is 0. The topological polar surface area (TPSA) is 98.0 Å². The Morgan fingerprint density at radius 1 is 1.44 bits per heavy atom. The largest absolute Gasteiger partial charge is 0.374 e. The van der Waals surface area contributed by atoms with E-state index in [1.165, 1.54) is 0 Å². The average Bonchev–Trinajstić information content (AvgIpc) is 2.88. The van der Waals surface area contributed by atoms with Gasteiger partial charge >= 0.3 is 0 Å². The van der Waals surface area contributed by atoms with E-state index in [9.17, 15) is 8.42 Å². The number of aromatic nitrogens is 2. The first-order valence-corrected chi connectivity index (χ1v) is 7.24. The van der Waals surface area contributed by atoms with Gasteiger partial charge in [-0.25, -0.2) is 13.1 Å². The van der Waals surface area contributed by atoms with Gasteiger partial charge in [0.05, 0.1) is 0 Å². The number of hydrogen-bond acceptors (Lipinski definition) is 6. The summed E-state index contributed by atoms with van der Waals surface area (Å²) < 4.78 is 26.4. The Morgan fingerprint density at radius 2 is 2.06 bits per heavy atom. The van der Waals surface area contributed by atoms with Crippen LogP contribution in [0.1, 0.15) is 26.7 Å². The van der Waals surface area contributed by atoms with E-state index in [-0.39, 0.29) is 9.47 Å². The Labute approximate surface area is 98.3 Å². The molecule has 1 aliphatic rings. The summed E-state index contributed by atoms with van der Waals surface area (Å²) in [7, 11) is -3.59. The van der Waals surface area contributed by atoms with Gasteiger partial charge in [0.2, 0.25) is 9.47 Å². The van der Waals surface area contributed by atoms with Gasteiger partial charge in [0, 0.05) is 5.54 Å². The fourth-order valence-electron chi connectivity index (χ4n) is 1.61. The first-order valence-electron chi connectivity index (χ1n) is 4.94. The molecule has 3 N–H and O–H groups in total. The molecular formula is C8H14N4O2S2. The standard InChI is InChI=1S/C8H14N4O2S2/c1-8(2,5-3-4-5)12-16(13,14)7-11-10-6(9)15-7/h5,12H,3-4H2,1-2H3,(H2,9,10). The molecule has 1 aromatic heterocycles. The fraction of sp³-hybridized carbons (Fsp3) is 0.750. The molecule has 0 atom stereocenters. The molecule has 1 fully saturated rings. The maximum Gasteiger partial charge on any atom is 0.270 e. The molecule has 1 aromatic rings. The number of sulfonamides is 1. The molecule has 0 radical (unpaired) electrons. The van der Waals surface area contributed by atoms with E-state index in [1.807, 2.05) is 13.8 Å². The van der Waals surface area contributed by atoms with Crippen LogP contribution in [0.25, 0.3) is 0 Å². The average molecular weight is 262 g/mol. The number of hydrogen-bond donors (Lipinski definition) is 2. The minimum atomic E-state index is -3.59. The third-order valence-corrected chi connectivity index (χ3v) is 5.44. The van der Waals surface area contributed by atoms with Crippen LogP contribution in [0.4, 0.5) is 5.13 Å². The Morgan fingerprint density at radius 3 is 2.50 bits per heavy atom. The highest BCUT2D eigenvalue weighted by Gasteiger charge is 2.41. The van der Waals surface area contributed by atoms with Crippen molar-refractivity contribution in [3.63, 3.8) is 0 Å². The summed E-state index contributed by atoms with van der Waals surface area (Å²) in [4.78, 5) is 0. The molecule has 0 aliphatic heterocycles. The number of anilines is 1. The van der Waals surface area contributed by atoms with Crippen LogP contribution in [0.15, 0.2) is 4.34 Å². The molecule has 2 rings (SSSR count). The highest BCUT2D eigenvalue weighted by atomic mass is 32.2. The minimum absolute atomic E-state index is 0.0706. The van der Waals surface area contributed by atoms with Gasteiger partial charge < -0.3 is 5.73 Å². The number of nitrogens with two attached hydrogens (primary N) is 1. The van der Waals surface area contributed by atoms with E-state index in [0.717, 1.165) is 24.2 Å². The van der Waals surface area contributed by atoms with E-state index in [0.29, 0.717) is 5.92 Å². The first-order chi connectivity index (χ1) is 7.31. The summed E-state index contributed by atoms with van der Waals surface area (Å²) >= 11 is 0.873. The lowest BCUT2D eigenvalue weighted by molar-refractivity contribution is 0.400. The second kappa shape index (κ2) is 3.64. The lowest BCUT2D eigenvalue weighted by Gasteiger charge is -2.24. The molecule has 6 nitrogen and oxygen atoms in total. The monoisotopic (exact) mass is 262 g/mol. The van der Waals surface area contributed by atoms with Gasteiger partial charge in [0.25, 0.3) is 10.0 Å². The second-order valence-electron chi connectivity index (χ2n) is 4.51. The lowest BCUT2D eigenvalue weighted by atomic mass is 10.0. The maximum atomic E-state index is 11.9. The molecule has 16 heavy (non-hydrogen) atoms. The Bertz CT molecular complexity index is 490. The van der Waals surface area contributed by atoms with Crippen molar-refractivity contribution in [2.24, 2.45) is 5.92 Å². The minimum Gasteiger partial charge on any atom is -0.374 e. The van der Waals surface area contributed by atoms with E-state index in [4.69, 9.17) is 5.73 Å². The van der Waals surface area contributed by atoms with Gasteiger partial charge in [-0.2, -0.15) is 0 Å². The Kier molecular flexibility index (Phi) is 2.67. The fourth-order valence-corrected chi connectivity index (χ4v) is 3.86. The third-order valence-electron chi connectivity index (χ3n) is 2.65. The van der Waals surface area contributed by atoms with Crippen LogP contribution >= 0.6 is 11.3 Å². The zero-order valence-electron chi connectivity index (χ0n) is 9.10. The highest BCUT2D eigenvalue weighted by molar-refractivity contribution is 7.91. The van der Waals surface area contributed by atoms with Crippen LogP contribution in [0.2, 0.25) is 0 Å². The molecule has 0 unspecified atom stereocenters. The number of rotatable bonds is 4. The number of nitrogen functional groups attached to an aromatic ring is 1. The SMILES string of the molecule is CC(C)(NS(=O)(=O)c1nnc(N)s1)C1CC1. The molecule has 8 heteroatoms. The molecule has 0 bridgehead atoms. The van der Waals surface area contributed by atoms with Crippen LogP contribution in [-0.2, 0) is 10.0 Å². The van der Waals surface area contributed by atoms with Crippen LogP contribution in [0.5, 0.6) is 0 Å². The molecule has 90 valence electrons. The first kappa shape index (κ1) is 11.7. The quantitative estimate of drug-likeness (QED) is 0.827. The summed E-state index contributed by atoms with van der Waals surface area (Å²) in [5.41, 5.74) is 4.93. The van der Waals surface area contributed by atoms with E-state index >= 15 is 0 Å². The predicted molar refractivity (Wildman–Crippen MR) is 61.4 cm³/mol. The van der Waals surface area contributed by atoms with Gasteiger partial charge in [0.15, 0.2) is 0 Å². The summed E-state index contributed by atoms with van der Waals surface area (Å²) in [6.07, 6.45) is 2.13. The van der Waals surface area contributed by atoms with Gasteiger partial charge in [-0.3, -0.25) is 0 Å². The van der Waals surface area contributed by atoms with Crippen molar-refractivity contribution < 1.29 is 8.42 Å². The molecule has 1 saturated carbocycles. The van der Waals surface area contributed by atoms with Crippen molar-refractivity contribution in [3.05, 3.63) is 0 Å².